The topological polar surface area (TPSA) is 75.8 Å². The molecule has 6 nitrogen and oxygen atoms in total. The van der Waals surface area contributed by atoms with Crippen molar-refractivity contribution in [3.63, 3.8) is 0 Å². The predicted octanol–water partition coefficient (Wildman–Crippen LogP) is 1.63. The van der Waals surface area contributed by atoms with Gasteiger partial charge >= 0.3 is 0 Å². The zero-order valence-corrected chi connectivity index (χ0v) is 9.88. The van der Waals surface area contributed by atoms with Crippen molar-refractivity contribution in [3.8, 4) is 0 Å². The van der Waals surface area contributed by atoms with Crippen LogP contribution in [0.1, 0.15) is 15.9 Å². The third-order valence-electron chi connectivity index (χ3n) is 2.06. The van der Waals surface area contributed by atoms with Gasteiger partial charge in [-0.3, -0.25) is 14.9 Å². The van der Waals surface area contributed by atoms with Gasteiger partial charge in [-0.05, 0) is 18.6 Å². The van der Waals surface area contributed by atoms with Crippen molar-refractivity contribution in [3.05, 3.63) is 39.4 Å². The fraction of sp³-hybridized carbons (Fsp3) is 0.273. The van der Waals surface area contributed by atoms with Crippen LogP contribution in [0, 0.1) is 17.0 Å². The number of carbonyl (C=O) groups is 1. The lowest BCUT2D eigenvalue weighted by Crippen LogP contribution is -2.10. The Morgan fingerprint density at radius 2 is 2.12 bits per heavy atom. The number of nitro groups is 1. The molecule has 0 saturated heterocycles. The summed E-state index contributed by atoms with van der Waals surface area (Å²) < 4.78 is 0. The maximum Gasteiger partial charge on any atom is 0.278 e. The van der Waals surface area contributed by atoms with Crippen LogP contribution in [0.25, 0.3) is 0 Å². The molecular formula is C11H13N3O3. The summed E-state index contributed by atoms with van der Waals surface area (Å²) in [7, 11) is 3.50. The molecule has 0 spiro atoms. The summed E-state index contributed by atoms with van der Waals surface area (Å²) in [5, 5.41) is 10.5. The van der Waals surface area contributed by atoms with Gasteiger partial charge in [0.25, 0.3) is 11.6 Å². The van der Waals surface area contributed by atoms with Gasteiger partial charge in [0.2, 0.25) is 0 Å². The average Bonchev–Trinajstić information content (AvgIpc) is 2.25. The molecule has 0 radical (unpaired) electrons. The molecule has 0 bridgehead atoms. The summed E-state index contributed by atoms with van der Waals surface area (Å²) in [6.45, 7) is 1.64. The lowest BCUT2D eigenvalue weighted by atomic mass is 10.1. The summed E-state index contributed by atoms with van der Waals surface area (Å²) in [6, 6.07) is 4.08. The number of hydrogen-bond donors (Lipinski definition) is 0. The van der Waals surface area contributed by atoms with E-state index < -0.39 is 10.8 Å². The molecular weight excluding hydrogens is 222 g/mol. The normalized spacial score (nSPS) is 10.5. The van der Waals surface area contributed by atoms with E-state index in [4.69, 9.17) is 0 Å². The minimum Gasteiger partial charge on any atom is -0.369 e. The number of nitrogens with zero attached hydrogens (tertiary/aromatic N) is 3. The van der Waals surface area contributed by atoms with Gasteiger partial charge in [0.1, 0.15) is 0 Å². The van der Waals surface area contributed by atoms with Gasteiger partial charge in [0.15, 0.2) is 0 Å². The van der Waals surface area contributed by atoms with Crippen LogP contribution in [0.2, 0.25) is 0 Å². The summed E-state index contributed by atoms with van der Waals surface area (Å²) >= 11 is 0. The minimum absolute atomic E-state index is 0.0318. The zero-order chi connectivity index (χ0) is 13.0. The number of non-ortho nitro benzene ring substituents is 1. The Hall–Kier alpha value is -2.24. The highest BCUT2D eigenvalue weighted by atomic mass is 16.6. The summed E-state index contributed by atoms with van der Waals surface area (Å²) in [4.78, 5) is 27.1. The van der Waals surface area contributed by atoms with Crippen molar-refractivity contribution < 1.29 is 9.72 Å². The SMILES string of the molecule is Cc1cc([N+](=O)[O-])ccc1C(=O)N=CN(C)C. The van der Waals surface area contributed by atoms with E-state index in [2.05, 4.69) is 4.99 Å². The molecule has 17 heavy (non-hydrogen) atoms. The first-order valence-corrected chi connectivity index (χ1v) is 4.92. The largest absolute Gasteiger partial charge is 0.369 e. The van der Waals surface area contributed by atoms with Crippen LogP contribution in [0.4, 0.5) is 5.69 Å². The molecule has 1 rings (SSSR count). The van der Waals surface area contributed by atoms with Gasteiger partial charge in [0, 0.05) is 31.8 Å². The lowest BCUT2D eigenvalue weighted by molar-refractivity contribution is -0.384. The summed E-state index contributed by atoms with van der Waals surface area (Å²) in [5.74, 6) is -0.411. The third-order valence-corrected chi connectivity index (χ3v) is 2.06. The third kappa shape index (κ3) is 3.37. The first-order chi connectivity index (χ1) is 7.91. The number of aliphatic imine (C=N–C) groups is 1. The maximum atomic E-state index is 11.7. The molecule has 0 aromatic heterocycles. The Labute approximate surface area is 98.7 Å². The Bertz CT molecular complexity index is 481. The highest BCUT2D eigenvalue weighted by molar-refractivity contribution is 6.00. The Morgan fingerprint density at radius 3 is 2.59 bits per heavy atom. The lowest BCUT2D eigenvalue weighted by Gasteiger charge is -2.03. The Kier molecular flexibility index (Phi) is 3.92. The molecule has 0 heterocycles. The van der Waals surface area contributed by atoms with Gasteiger partial charge in [0.05, 0.1) is 11.3 Å². The molecule has 0 N–H and O–H groups in total. The molecule has 0 saturated carbocycles. The predicted molar refractivity (Wildman–Crippen MR) is 64.3 cm³/mol. The van der Waals surface area contributed by atoms with Crippen molar-refractivity contribution in [2.24, 2.45) is 4.99 Å². The van der Waals surface area contributed by atoms with Crippen LogP contribution in [-0.2, 0) is 0 Å². The molecule has 0 atom stereocenters. The number of aryl methyl sites for hydroxylation is 1. The molecule has 6 heteroatoms. The average molecular weight is 235 g/mol. The molecule has 0 aliphatic carbocycles. The number of amides is 1. The van der Waals surface area contributed by atoms with Gasteiger partial charge in [-0.1, -0.05) is 0 Å². The number of rotatable bonds is 3. The first kappa shape index (κ1) is 12.8. The van der Waals surface area contributed by atoms with E-state index in [1.807, 2.05) is 0 Å². The first-order valence-electron chi connectivity index (χ1n) is 4.92. The maximum absolute atomic E-state index is 11.7. The molecule has 0 unspecified atom stereocenters. The molecule has 0 aliphatic heterocycles. The van der Waals surface area contributed by atoms with Gasteiger partial charge in [-0.25, -0.2) is 0 Å². The van der Waals surface area contributed by atoms with Crippen molar-refractivity contribution >= 4 is 17.9 Å². The second-order valence-electron chi connectivity index (χ2n) is 3.77. The van der Waals surface area contributed by atoms with E-state index in [0.29, 0.717) is 11.1 Å². The molecule has 1 amide bonds. The van der Waals surface area contributed by atoms with E-state index in [9.17, 15) is 14.9 Å². The van der Waals surface area contributed by atoms with Crippen LogP contribution >= 0.6 is 0 Å². The Balaban J connectivity index is 3.00. The fourth-order valence-electron chi connectivity index (χ4n) is 1.24. The number of nitro benzene ring substituents is 1. The van der Waals surface area contributed by atoms with E-state index in [0.717, 1.165) is 0 Å². The van der Waals surface area contributed by atoms with Crippen molar-refractivity contribution in [2.75, 3.05) is 14.1 Å². The van der Waals surface area contributed by atoms with Gasteiger partial charge in [-0.2, -0.15) is 4.99 Å². The van der Waals surface area contributed by atoms with E-state index >= 15 is 0 Å². The Morgan fingerprint density at radius 1 is 1.47 bits per heavy atom. The standard InChI is InChI=1S/C11H13N3O3/c1-8-6-9(14(16)17)4-5-10(8)11(15)12-7-13(2)3/h4-7H,1-3H3. The minimum atomic E-state index is -0.496. The summed E-state index contributed by atoms with van der Waals surface area (Å²) in [5.41, 5.74) is 0.879. The number of carbonyl (C=O) groups excluding carboxylic acids is 1. The highest BCUT2D eigenvalue weighted by Crippen LogP contribution is 2.17. The second-order valence-corrected chi connectivity index (χ2v) is 3.77. The van der Waals surface area contributed by atoms with Crippen molar-refractivity contribution in [1.82, 2.24) is 4.90 Å². The van der Waals surface area contributed by atoms with Gasteiger partial charge in [-0.15, -0.1) is 0 Å². The van der Waals surface area contributed by atoms with E-state index in [1.54, 1.807) is 25.9 Å². The molecule has 0 fully saturated rings. The monoisotopic (exact) mass is 235 g/mol. The van der Waals surface area contributed by atoms with Crippen LogP contribution in [-0.4, -0.2) is 36.2 Å². The zero-order valence-electron chi connectivity index (χ0n) is 9.88. The van der Waals surface area contributed by atoms with Crippen LogP contribution in [0.3, 0.4) is 0 Å². The highest BCUT2D eigenvalue weighted by Gasteiger charge is 2.12. The fourth-order valence-corrected chi connectivity index (χ4v) is 1.24. The van der Waals surface area contributed by atoms with E-state index in [-0.39, 0.29) is 5.69 Å². The van der Waals surface area contributed by atoms with Crippen molar-refractivity contribution in [2.45, 2.75) is 6.92 Å². The van der Waals surface area contributed by atoms with Crippen LogP contribution < -0.4 is 0 Å². The molecule has 1 aromatic carbocycles. The van der Waals surface area contributed by atoms with Crippen LogP contribution in [0.15, 0.2) is 23.2 Å². The molecule has 90 valence electrons. The second kappa shape index (κ2) is 5.20. The van der Waals surface area contributed by atoms with Crippen LogP contribution in [0.5, 0.6) is 0 Å². The van der Waals surface area contributed by atoms with Gasteiger partial charge < -0.3 is 4.90 Å². The van der Waals surface area contributed by atoms with Crippen molar-refractivity contribution in [1.29, 1.82) is 0 Å². The quantitative estimate of drug-likeness (QED) is 0.345. The van der Waals surface area contributed by atoms with E-state index in [1.165, 1.54) is 24.5 Å². The molecule has 0 aliphatic rings. The molecule has 1 aromatic rings. The summed E-state index contributed by atoms with van der Waals surface area (Å²) in [6.07, 6.45) is 1.39. The smallest absolute Gasteiger partial charge is 0.278 e. The number of benzene rings is 1. The number of hydrogen-bond acceptors (Lipinski definition) is 3.